The van der Waals surface area contributed by atoms with E-state index in [0.29, 0.717) is 9.39 Å². The third-order valence-corrected chi connectivity index (χ3v) is 1.85. The first-order valence-electron chi connectivity index (χ1n) is 3.33. The molecule has 0 unspecified atom stereocenters. The van der Waals surface area contributed by atoms with Crippen molar-refractivity contribution in [3.05, 3.63) is 15.5 Å². The van der Waals surface area contributed by atoms with Crippen molar-refractivity contribution in [3.63, 3.8) is 0 Å². The van der Waals surface area contributed by atoms with Crippen molar-refractivity contribution in [2.45, 2.75) is 19.8 Å². The molecule has 1 heterocycles. The largest absolute Gasteiger partial charge is 0.506 e. The normalized spacial score (nSPS) is 10.5. The fourth-order valence-electron chi connectivity index (χ4n) is 0.780. The molecule has 0 aliphatic heterocycles. The first kappa shape index (κ1) is 8.70. The number of hydrogen-bond acceptors (Lipinski definition) is 3. The molecule has 60 valence electrons. The minimum atomic E-state index is 0.222. The second-order valence-electron chi connectivity index (χ2n) is 2.59. The Balaban J connectivity index is 3.09. The molecule has 0 atom stereocenters. The van der Waals surface area contributed by atoms with E-state index in [2.05, 4.69) is 10.2 Å². The Morgan fingerprint density at radius 1 is 1.45 bits per heavy atom. The average Bonchev–Trinajstić information content (AvgIpc) is 1.85. The zero-order valence-electron chi connectivity index (χ0n) is 6.37. The van der Waals surface area contributed by atoms with Gasteiger partial charge in [0, 0.05) is 12.0 Å². The highest BCUT2D eigenvalue weighted by atomic mass is 127. The summed E-state index contributed by atoms with van der Waals surface area (Å²) in [5.74, 6) is 0.457. The van der Waals surface area contributed by atoms with Gasteiger partial charge in [0.15, 0.2) is 0 Å². The van der Waals surface area contributed by atoms with E-state index in [1.807, 2.05) is 36.4 Å². The zero-order valence-corrected chi connectivity index (χ0v) is 8.53. The van der Waals surface area contributed by atoms with Gasteiger partial charge in [-0.3, -0.25) is 0 Å². The summed E-state index contributed by atoms with van der Waals surface area (Å²) < 4.78 is 0.713. The van der Waals surface area contributed by atoms with E-state index in [9.17, 15) is 5.11 Å². The SMILES string of the molecule is CC(C)c1nnc(I)cc1O. The molecule has 1 rings (SSSR count). The van der Waals surface area contributed by atoms with Crippen LogP contribution in [0, 0.1) is 3.70 Å². The highest BCUT2D eigenvalue weighted by Crippen LogP contribution is 2.22. The predicted molar refractivity (Wildman–Crippen MR) is 50.5 cm³/mol. The van der Waals surface area contributed by atoms with Gasteiger partial charge in [0.05, 0.1) is 0 Å². The van der Waals surface area contributed by atoms with Gasteiger partial charge in [-0.15, -0.1) is 5.10 Å². The molecule has 0 saturated carbocycles. The smallest absolute Gasteiger partial charge is 0.141 e. The number of aromatic hydroxyl groups is 1. The molecule has 4 heteroatoms. The van der Waals surface area contributed by atoms with Gasteiger partial charge < -0.3 is 5.11 Å². The average molecular weight is 264 g/mol. The maximum Gasteiger partial charge on any atom is 0.141 e. The van der Waals surface area contributed by atoms with Crippen molar-refractivity contribution >= 4 is 22.6 Å². The molecular weight excluding hydrogens is 255 g/mol. The van der Waals surface area contributed by atoms with Crippen molar-refractivity contribution in [2.75, 3.05) is 0 Å². The van der Waals surface area contributed by atoms with E-state index in [-0.39, 0.29) is 11.7 Å². The number of aromatic nitrogens is 2. The van der Waals surface area contributed by atoms with Gasteiger partial charge in [-0.2, -0.15) is 5.10 Å². The number of halogens is 1. The van der Waals surface area contributed by atoms with Crippen LogP contribution in [0.5, 0.6) is 5.75 Å². The van der Waals surface area contributed by atoms with Gasteiger partial charge in [0.2, 0.25) is 0 Å². The van der Waals surface area contributed by atoms with Crippen LogP contribution in [0.1, 0.15) is 25.5 Å². The van der Waals surface area contributed by atoms with E-state index in [1.165, 1.54) is 0 Å². The van der Waals surface area contributed by atoms with Crippen LogP contribution in [0.25, 0.3) is 0 Å². The fourth-order valence-corrected chi connectivity index (χ4v) is 1.18. The highest BCUT2D eigenvalue weighted by molar-refractivity contribution is 14.1. The summed E-state index contributed by atoms with van der Waals surface area (Å²) in [6, 6.07) is 1.61. The van der Waals surface area contributed by atoms with Gasteiger partial charge in [-0.1, -0.05) is 13.8 Å². The summed E-state index contributed by atoms with van der Waals surface area (Å²) in [5.41, 5.74) is 0.658. The standard InChI is InChI=1S/C7H9IN2O/c1-4(2)7-5(11)3-6(8)9-10-7/h3-4H,1-2H3,(H,9,11). The Bertz CT molecular complexity index is 263. The molecule has 0 spiro atoms. The molecule has 0 amide bonds. The number of nitrogens with zero attached hydrogens (tertiary/aromatic N) is 2. The van der Waals surface area contributed by atoms with E-state index < -0.39 is 0 Å². The molecule has 0 aromatic carbocycles. The summed E-state index contributed by atoms with van der Waals surface area (Å²) in [6.45, 7) is 3.94. The Hall–Kier alpha value is -0.390. The fraction of sp³-hybridized carbons (Fsp3) is 0.429. The van der Waals surface area contributed by atoms with Crippen LogP contribution in [0.15, 0.2) is 6.07 Å². The number of hydrogen-bond donors (Lipinski definition) is 1. The van der Waals surface area contributed by atoms with E-state index >= 15 is 0 Å². The molecule has 0 aliphatic carbocycles. The van der Waals surface area contributed by atoms with Crippen LogP contribution in [0.4, 0.5) is 0 Å². The minimum absolute atomic E-state index is 0.222. The van der Waals surface area contributed by atoms with Gasteiger partial charge in [-0.05, 0) is 22.6 Å². The van der Waals surface area contributed by atoms with E-state index in [0.717, 1.165) is 0 Å². The van der Waals surface area contributed by atoms with E-state index in [4.69, 9.17) is 0 Å². The van der Waals surface area contributed by atoms with Crippen molar-refractivity contribution in [3.8, 4) is 5.75 Å². The summed E-state index contributed by atoms with van der Waals surface area (Å²) in [6.07, 6.45) is 0. The molecule has 1 aromatic rings. The molecule has 0 bridgehead atoms. The molecule has 3 nitrogen and oxygen atoms in total. The quantitative estimate of drug-likeness (QED) is 0.788. The summed E-state index contributed by atoms with van der Waals surface area (Å²) in [4.78, 5) is 0. The maximum atomic E-state index is 9.35. The maximum absolute atomic E-state index is 9.35. The Labute approximate surface area is 79.0 Å². The lowest BCUT2D eigenvalue weighted by atomic mass is 10.1. The second kappa shape index (κ2) is 3.34. The Morgan fingerprint density at radius 3 is 2.55 bits per heavy atom. The summed E-state index contributed by atoms with van der Waals surface area (Å²) in [7, 11) is 0. The van der Waals surface area contributed by atoms with Crippen LogP contribution in [-0.2, 0) is 0 Å². The third-order valence-electron chi connectivity index (χ3n) is 1.32. The number of rotatable bonds is 1. The van der Waals surface area contributed by atoms with Crippen LogP contribution >= 0.6 is 22.6 Å². The molecule has 0 fully saturated rings. The van der Waals surface area contributed by atoms with Crippen LogP contribution < -0.4 is 0 Å². The molecular formula is C7H9IN2O. The van der Waals surface area contributed by atoms with E-state index in [1.54, 1.807) is 6.07 Å². The highest BCUT2D eigenvalue weighted by Gasteiger charge is 2.07. The van der Waals surface area contributed by atoms with Crippen molar-refractivity contribution < 1.29 is 5.11 Å². The van der Waals surface area contributed by atoms with Crippen molar-refractivity contribution in [1.82, 2.24) is 10.2 Å². The minimum Gasteiger partial charge on any atom is -0.506 e. The topological polar surface area (TPSA) is 46.0 Å². The Kier molecular flexibility index (Phi) is 2.64. The molecule has 1 aromatic heterocycles. The van der Waals surface area contributed by atoms with Crippen LogP contribution in [0.2, 0.25) is 0 Å². The predicted octanol–water partition coefficient (Wildman–Crippen LogP) is 1.91. The first-order valence-corrected chi connectivity index (χ1v) is 4.41. The molecule has 1 N–H and O–H groups in total. The molecule has 11 heavy (non-hydrogen) atoms. The Morgan fingerprint density at radius 2 is 2.09 bits per heavy atom. The van der Waals surface area contributed by atoms with Gasteiger partial charge in [0.25, 0.3) is 0 Å². The summed E-state index contributed by atoms with van der Waals surface area (Å²) >= 11 is 2.01. The lowest BCUT2D eigenvalue weighted by Gasteiger charge is -2.04. The van der Waals surface area contributed by atoms with Crippen molar-refractivity contribution in [2.24, 2.45) is 0 Å². The molecule has 0 aliphatic rings. The van der Waals surface area contributed by atoms with Crippen LogP contribution in [0.3, 0.4) is 0 Å². The van der Waals surface area contributed by atoms with Crippen LogP contribution in [-0.4, -0.2) is 15.3 Å². The molecule has 0 radical (unpaired) electrons. The lowest BCUT2D eigenvalue weighted by molar-refractivity contribution is 0.455. The van der Waals surface area contributed by atoms with Crippen molar-refractivity contribution in [1.29, 1.82) is 0 Å². The van der Waals surface area contributed by atoms with Gasteiger partial charge in [-0.25, -0.2) is 0 Å². The lowest BCUT2D eigenvalue weighted by Crippen LogP contribution is -1.96. The monoisotopic (exact) mass is 264 g/mol. The first-order chi connectivity index (χ1) is 5.11. The third kappa shape index (κ3) is 2.02. The molecule has 0 saturated heterocycles. The summed E-state index contributed by atoms with van der Waals surface area (Å²) in [5, 5.41) is 17.1. The zero-order chi connectivity index (χ0) is 8.43. The van der Waals surface area contributed by atoms with Gasteiger partial charge >= 0.3 is 0 Å². The second-order valence-corrected chi connectivity index (χ2v) is 3.70. The van der Waals surface area contributed by atoms with Gasteiger partial charge in [0.1, 0.15) is 15.1 Å².